The van der Waals surface area contributed by atoms with Crippen LogP contribution in [0.4, 0.5) is 0 Å². The molecule has 0 bridgehead atoms. The molecule has 156 valence electrons. The highest BCUT2D eigenvalue weighted by atomic mass is 35.5. The molecule has 0 aliphatic carbocycles. The molecule has 4 aromatic rings. The van der Waals surface area contributed by atoms with Gasteiger partial charge in [0.25, 0.3) is 0 Å². The molecule has 0 saturated carbocycles. The summed E-state index contributed by atoms with van der Waals surface area (Å²) in [5.74, 6) is 3.57. The van der Waals surface area contributed by atoms with Gasteiger partial charge in [0.2, 0.25) is 5.16 Å². The molecule has 9 heteroatoms. The van der Waals surface area contributed by atoms with Crippen molar-refractivity contribution >= 4 is 40.7 Å². The van der Waals surface area contributed by atoms with Gasteiger partial charge < -0.3 is 9.15 Å². The summed E-state index contributed by atoms with van der Waals surface area (Å²) in [6, 6.07) is 17.0. The minimum absolute atomic E-state index is 0.538. The van der Waals surface area contributed by atoms with Crippen molar-refractivity contribution < 1.29 is 9.15 Å². The molecule has 31 heavy (non-hydrogen) atoms. The lowest BCUT2D eigenvalue weighted by Gasteiger charge is -2.12. The number of hydrogen-bond acceptors (Lipinski definition) is 6. The van der Waals surface area contributed by atoms with Crippen molar-refractivity contribution in [3.63, 3.8) is 0 Å². The fourth-order valence-electron chi connectivity index (χ4n) is 3.25. The predicted molar refractivity (Wildman–Crippen MR) is 123 cm³/mol. The first-order valence-electron chi connectivity index (χ1n) is 9.44. The van der Waals surface area contributed by atoms with E-state index in [9.17, 15) is 0 Å². The molecule has 0 unspecified atom stereocenters. The summed E-state index contributed by atoms with van der Waals surface area (Å²) in [5, 5.41) is 15.2. The average molecular weight is 471 g/mol. The Bertz CT molecular complexity index is 1280. The van der Waals surface area contributed by atoms with Gasteiger partial charge in [-0.05, 0) is 48.0 Å². The number of nitrogens with zero attached hydrogens (tertiary/aromatic N) is 4. The van der Waals surface area contributed by atoms with Crippen molar-refractivity contribution in [3.8, 4) is 17.1 Å². The van der Waals surface area contributed by atoms with Crippen LogP contribution in [0.5, 0.6) is 5.75 Å². The lowest BCUT2D eigenvalue weighted by Crippen LogP contribution is -2.14. The van der Waals surface area contributed by atoms with Crippen molar-refractivity contribution in [3.05, 3.63) is 81.8 Å². The van der Waals surface area contributed by atoms with Crippen LogP contribution in [-0.4, -0.2) is 33.4 Å². The summed E-state index contributed by atoms with van der Waals surface area (Å²) in [7, 11) is 1.65. The SMILES string of the molecule is COc1ccc(Cc2nnc3n2N=C(c2ccc(-c4ccc(Cl)cc4Cl)o2)CS3)cc1. The van der Waals surface area contributed by atoms with E-state index in [1.165, 1.54) is 0 Å². The first-order chi connectivity index (χ1) is 15.1. The molecule has 6 nitrogen and oxygen atoms in total. The highest BCUT2D eigenvalue weighted by Crippen LogP contribution is 2.33. The van der Waals surface area contributed by atoms with Crippen LogP contribution in [0.25, 0.3) is 11.3 Å². The number of hydrogen-bond donors (Lipinski definition) is 0. The maximum atomic E-state index is 6.32. The van der Waals surface area contributed by atoms with Crippen molar-refractivity contribution in [2.45, 2.75) is 11.6 Å². The number of furan rings is 1. The topological polar surface area (TPSA) is 65.4 Å². The molecule has 0 fully saturated rings. The molecule has 0 atom stereocenters. The van der Waals surface area contributed by atoms with Crippen LogP contribution in [0.15, 0.2) is 69.3 Å². The van der Waals surface area contributed by atoms with Crippen LogP contribution < -0.4 is 4.74 Å². The second kappa shape index (κ2) is 8.42. The molecular formula is C22H16Cl2N4O2S. The molecule has 2 aromatic carbocycles. The third-order valence-electron chi connectivity index (χ3n) is 4.84. The zero-order valence-corrected chi connectivity index (χ0v) is 18.7. The number of benzene rings is 2. The van der Waals surface area contributed by atoms with Gasteiger partial charge in [0.05, 0.1) is 12.1 Å². The van der Waals surface area contributed by atoms with Gasteiger partial charge in [-0.15, -0.1) is 10.2 Å². The largest absolute Gasteiger partial charge is 0.497 e. The molecule has 1 aliphatic heterocycles. The predicted octanol–water partition coefficient (Wildman–Crippen LogP) is 5.80. The third kappa shape index (κ3) is 4.08. The van der Waals surface area contributed by atoms with E-state index in [0.717, 1.165) is 33.6 Å². The van der Waals surface area contributed by atoms with E-state index in [2.05, 4.69) is 10.2 Å². The van der Waals surface area contributed by atoms with Crippen LogP contribution in [0.3, 0.4) is 0 Å². The first kappa shape index (κ1) is 20.2. The van der Waals surface area contributed by atoms with E-state index in [1.54, 1.807) is 35.7 Å². The number of methoxy groups -OCH3 is 1. The quantitative estimate of drug-likeness (QED) is 0.368. The van der Waals surface area contributed by atoms with Crippen LogP contribution in [0, 0.1) is 0 Å². The summed E-state index contributed by atoms with van der Waals surface area (Å²) in [6.07, 6.45) is 0.609. The third-order valence-corrected chi connectivity index (χ3v) is 6.32. The van der Waals surface area contributed by atoms with Crippen LogP contribution >= 0.6 is 35.0 Å². The zero-order chi connectivity index (χ0) is 21.4. The number of ether oxygens (including phenoxy) is 1. The average Bonchev–Trinajstić information content (AvgIpc) is 3.42. The van der Waals surface area contributed by atoms with Crippen LogP contribution in [0.1, 0.15) is 17.1 Å². The normalized spacial score (nSPS) is 13.1. The number of halogens is 2. The maximum Gasteiger partial charge on any atom is 0.212 e. The van der Waals surface area contributed by atoms with Gasteiger partial charge in [0, 0.05) is 22.8 Å². The number of aromatic nitrogens is 3. The van der Waals surface area contributed by atoms with E-state index in [-0.39, 0.29) is 0 Å². The minimum Gasteiger partial charge on any atom is -0.497 e. The maximum absolute atomic E-state index is 6.32. The van der Waals surface area contributed by atoms with Crippen LogP contribution in [-0.2, 0) is 6.42 Å². The Hall–Kier alpha value is -2.74. The van der Waals surface area contributed by atoms with Crippen molar-refractivity contribution in [1.29, 1.82) is 0 Å². The molecule has 3 heterocycles. The second-order valence-electron chi connectivity index (χ2n) is 6.86. The van der Waals surface area contributed by atoms with Gasteiger partial charge in [-0.3, -0.25) is 0 Å². The fourth-order valence-corrected chi connectivity index (χ4v) is 4.59. The molecule has 2 aromatic heterocycles. The Morgan fingerprint density at radius 1 is 1.03 bits per heavy atom. The summed E-state index contributed by atoms with van der Waals surface area (Å²) in [5.41, 5.74) is 2.69. The van der Waals surface area contributed by atoms with E-state index >= 15 is 0 Å². The lowest BCUT2D eigenvalue weighted by atomic mass is 10.1. The number of rotatable bonds is 5. The molecule has 0 amide bonds. The van der Waals surface area contributed by atoms with Gasteiger partial charge >= 0.3 is 0 Å². The summed E-state index contributed by atoms with van der Waals surface area (Å²) < 4.78 is 13.1. The van der Waals surface area contributed by atoms with Gasteiger partial charge in [0.15, 0.2) is 11.6 Å². The minimum atomic E-state index is 0.538. The van der Waals surface area contributed by atoms with E-state index < -0.39 is 0 Å². The Morgan fingerprint density at radius 2 is 1.84 bits per heavy atom. The number of thioether (sulfide) groups is 1. The Labute approximate surface area is 192 Å². The van der Waals surface area contributed by atoms with E-state index in [1.807, 2.05) is 42.5 Å². The van der Waals surface area contributed by atoms with Crippen molar-refractivity contribution in [2.75, 3.05) is 12.9 Å². The molecule has 1 aliphatic rings. The molecule has 0 N–H and O–H groups in total. The zero-order valence-electron chi connectivity index (χ0n) is 16.4. The highest BCUT2D eigenvalue weighted by Gasteiger charge is 2.22. The van der Waals surface area contributed by atoms with Crippen molar-refractivity contribution in [1.82, 2.24) is 14.9 Å². The molecule has 0 saturated heterocycles. The molecule has 0 spiro atoms. The molecule has 5 rings (SSSR count). The Morgan fingerprint density at radius 3 is 2.61 bits per heavy atom. The van der Waals surface area contributed by atoms with Gasteiger partial charge in [-0.2, -0.15) is 9.78 Å². The van der Waals surface area contributed by atoms with Gasteiger partial charge in [-0.1, -0.05) is 47.1 Å². The molecule has 0 radical (unpaired) electrons. The Balaban J connectivity index is 1.43. The van der Waals surface area contributed by atoms with Gasteiger partial charge in [-0.25, -0.2) is 0 Å². The van der Waals surface area contributed by atoms with Crippen molar-refractivity contribution in [2.24, 2.45) is 5.10 Å². The first-order valence-corrected chi connectivity index (χ1v) is 11.2. The fraction of sp³-hybridized carbons (Fsp3) is 0.136. The molecular weight excluding hydrogens is 455 g/mol. The number of fused-ring (bicyclic) bond motifs is 1. The monoisotopic (exact) mass is 470 g/mol. The van der Waals surface area contributed by atoms with E-state index in [0.29, 0.717) is 33.7 Å². The summed E-state index contributed by atoms with van der Waals surface area (Å²) >= 11 is 13.9. The van der Waals surface area contributed by atoms with Gasteiger partial charge in [0.1, 0.15) is 17.2 Å². The Kier molecular flexibility index (Phi) is 5.48. The summed E-state index contributed by atoms with van der Waals surface area (Å²) in [6.45, 7) is 0. The van der Waals surface area contributed by atoms with E-state index in [4.69, 9.17) is 37.5 Å². The van der Waals surface area contributed by atoms with Crippen LogP contribution in [0.2, 0.25) is 10.0 Å². The highest BCUT2D eigenvalue weighted by molar-refractivity contribution is 7.99. The summed E-state index contributed by atoms with van der Waals surface area (Å²) in [4.78, 5) is 0. The lowest BCUT2D eigenvalue weighted by molar-refractivity contribution is 0.414. The smallest absolute Gasteiger partial charge is 0.212 e. The second-order valence-corrected chi connectivity index (χ2v) is 8.65. The standard InChI is InChI=1S/C22H16Cl2N4O2S/c1-29-15-5-2-13(3-6-15)10-21-25-26-22-28(21)27-18(12-31-22)20-9-8-19(30-20)16-7-4-14(23)11-17(16)24/h2-9,11H,10,12H2,1H3.